The zero-order chi connectivity index (χ0) is 12.1. The lowest BCUT2D eigenvalue weighted by atomic mass is 10.2. The molecule has 0 aliphatic rings. The molecular weight excluding hydrogens is 206 g/mol. The van der Waals surface area contributed by atoms with Gasteiger partial charge in [0.15, 0.2) is 0 Å². The van der Waals surface area contributed by atoms with Crippen LogP contribution in [0.4, 0.5) is 5.69 Å². The lowest BCUT2D eigenvalue weighted by molar-refractivity contribution is -0.137. The Labute approximate surface area is 94.2 Å². The van der Waals surface area contributed by atoms with Gasteiger partial charge < -0.3 is 4.90 Å². The summed E-state index contributed by atoms with van der Waals surface area (Å²) in [5.74, 6) is 3.45. The molecule has 0 atom stereocenters. The first-order valence-electron chi connectivity index (χ1n) is 4.99. The van der Waals surface area contributed by atoms with Crippen molar-refractivity contribution < 1.29 is 9.59 Å². The molecule has 1 rings (SSSR count). The Morgan fingerprint density at radius 1 is 1.44 bits per heavy atom. The highest BCUT2D eigenvalue weighted by atomic mass is 16.2. The first-order valence-corrected chi connectivity index (χ1v) is 4.99. The van der Waals surface area contributed by atoms with E-state index < -0.39 is 11.8 Å². The van der Waals surface area contributed by atoms with E-state index in [1.807, 2.05) is 30.5 Å². The van der Waals surface area contributed by atoms with Crippen LogP contribution in [-0.4, -0.2) is 18.4 Å². The van der Waals surface area contributed by atoms with Gasteiger partial charge in [-0.2, -0.15) is 0 Å². The third-order valence-electron chi connectivity index (χ3n) is 2.20. The molecular formula is C11H15N3O2. The summed E-state index contributed by atoms with van der Waals surface area (Å²) in [5.41, 5.74) is 3.55. The number of amides is 2. The van der Waals surface area contributed by atoms with Gasteiger partial charge in [0.2, 0.25) is 0 Å². The summed E-state index contributed by atoms with van der Waals surface area (Å²) in [5, 5.41) is 0. The Kier molecular flexibility index (Phi) is 4.02. The minimum atomic E-state index is -0.816. The predicted molar refractivity (Wildman–Crippen MR) is 61.5 cm³/mol. The molecule has 1 aromatic carbocycles. The zero-order valence-electron chi connectivity index (χ0n) is 9.36. The molecule has 0 saturated carbocycles. The van der Waals surface area contributed by atoms with E-state index >= 15 is 0 Å². The van der Waals surface area contributed by atoms with Crippen molar-refractivity contribution in [1.29, 1.82) is 0 Å². The molecule has 0 aliphatic carbocycles. The van der Waals surface area contributed by atoms with Gasteiger partial charge in [0.05, 0.1) is 0 Å². The number of aryl methyl sites for hydroxylation is 1. The van der Waals surface area contributed by atoms with Gasteiger partial charge in [0, 0.05) is 12.2 Å². The average Bonchev–Trinajstić information content (AvgIpc) is 2.29. The maximum absolute atomic E-state index is 11.7. The second-order valence-electron chi connectivity index (χ2n) is 3.36. The van der Waals surface area contributed by atoms with Crippen LogP contribution >= 0.6 is 0 Å². The Balaban J connectivity index is 2.99. The molecule has 86 valence electrons. The standard InChI is InChI=1S/C11H15N3O2/c1-3-14(11(16)10(15)13-12)9-6-4-5-8(2)7-9/h4-7H,3,12H2,1-2H3,(H,13,15). The summed E-state index contributed by atoms with van der Waals surface area (Å²) in [7, 11) is 0. The quantitative estimate of drug-likeness (QED) is 0.327. The fraction of sp³-hybridized carbons (Fsp3) is 0.273. The second kappa shape index (κ2) is 5.27. The van der Waals surface area contributed by atoms with Crippen LogP contribution in [0.25, 0.3) is 0 Å². The minimum absolute atomic E-state index is 0.412. The number of carbonyl (C=O) groups is 2. The van der Waals surface area contributed by atoms with Crippen molar-refractivity contribution in [3.8, 4) is 0 Å². The highest BCUT2D eigenvalue weighted by Crippen LogP contribution is 2.15. The summed E-state index contributed by atoms with van der Waals surface area (Å²) in [6, 6.07) is 7.37. The first kappa shape index (κ1) is 12.2. The van der Waals surface area contributed by atoms with E-state index in [1.165, 1.54) is 4.90 Å². The number of hydrazine groups is 1. The molecule has 0 radical (unpaired) electrons. The topological polar surface area (TPSA) is 75.4 Å². The molecule has 0 heterocycles. The molecule has 0 fully saturated rings. The van der Waals surface area contributed by atoms with Gasteiger partial charge in [-0.3, -0.25) is 15.0 Å². The SMILES string of the molecule is CCN(C(=O)C(=O)NN)c1cccc(C)c1. The van der Waals surface area contributed by atoms with Crippen LogP contribution in [0.1, 0.15) is 12.5 Å². The molecule has 0 aliphatic heterocycles. The van der Waals surface area contributed by atoms with Gasteiger partial charge >= 0.3 is 11.8 Å². The van der Waals surface area contributed by atoms with E-state index in [-0.39, 0.29) is 0 Å². The fourth-order valence-electron chi connectivity index (χ4n) is 1.42. The number of benzene rings is 1. The molecule has 1 aromatic rings. The first-order chi connectivity index (χ1) is 7.60. The largest absolute Gasteiger partial charge is 0.323 e. The van der Waals surface area contributed by atoms with Crippen LogP contribution in [0, 0.1) is 6.92 Å². The number of carbonyl (C=O) groups excluding carboxylic acids is 2. The smallest absolute Gasteiger partial charge is 0.304 e. The summed E-state index contributed by atoms with van der Waals surface area (Å²) in [4.78, 5) is 24.2. The van der Waals surface area contributed by atoms with Gasteiger partial charge in [-0.25, -0.2) is 5.84 Å². The maximum atomic E-state index is 11.7. The Morgan fingerprint density at radius 3 is 2.62 bits per heavy atom. The number of nitrogens with zero attached hydrogens (tertiary/aromatic N) is 1. The molecule has 3 N–H and O–H groups in total. The Morgan fingerprint density at radius 2 is 2.12 bits per heavy atom. The van der Waals surface area contributed by atoms with E-state index in [0.717, 1.165) is 5.56 Å². The average molecular weight is 221 g/mol. The second-order valence-corrected chi connectivity index (χ2v) is 3.36. The van der Waals surface area contributed by atoms with Crippen molar-refractivity contribution in [2.24, 2.45) is 5.84 Å². The van der Waals surface area contributed by atoms with Crippen molar-refractivity contribution >= 4 is 17.5 Å². The molecule has 5 nitrogen and oxygen atoms in total. The number of nitrogens with two attached hydrogens (primary N) is 1. The van der Waals surface area contributed by atoms with Crippen LogP contribution in [0.2, 0.25) is 0 Å². The number of hydrogen-bond donors (Lipinski definition) is 2. The number of nitrogens with one attached hydrogen (secondary N) is 1. The number of likely N-dealkylation sites (N-methyl/N-ethyl adjacent to an activating group) is 1. The van der Waals surface area contributed by atoms with E-state index in [2.05, 4.69) is 0 Å². The van der Waals surface area contributed by atoms with Crippen LogP contribution in [0.15, 0.2) is 24.3 Å². The van der Waals surface area contributed by atoms with Crippen LogP contribution in [0.3, 0.4) is 0 Å². The summed E-state index contributed by atoms with van der Waals surface area (Å²) in [6.45, 7) is 4.13. The van der Waals surface area contributed by atoms with Gasteiger partial charge in [0.1, 0.15) is 0 Å². The molecule has 2 amide bonds. The van der Waals surface area contributed by atoms with Gasteiger partial charge in [-0.15, -0.1) is 0 Å². The highest BCUT2D eigenvalue weighted by Gasteiger charge is 2.20. The maximum Gasteiger partial charge on any atom is 0.323 e. The van der Waals surface area contributed by atoms with Crippen molar-refractivity contribution in [1.82, 2.24) is 5.43 Å². The lowest BCUT2D eigenvalue weighted by Crippen LogP contribution is -2.45. The number of hydrogen-bond acceptors (Lipinski definition) is 3. The van der Waals surface area contributed by atoms with Crippen LogP contribution in [-0.2, 0) is 9.59 Å². The van der Waals surface area contributed by atoms with E-state index in [4.69, 9.17) is 5.84 Å². The van der Waals surface area contributed by atoms with Crippen molar-refractivity contribution in [3.05, 3.63) is 29.8 Å². The Bertz CT molecular complexity index is 404. The Hall–Kier alpha value is -1.88. The molecule has 0 spiro atoms. The third kappa shape index (κ3) is 2.58. The van der Waals surface area contributed by atoms with Crippen molar-refractivity contribution in [2.75, 3.05) is 11.4 Å². The fourth-order valence-corrected chi connectivity index (χ4v) is 1.42. The molecule has 0 saturated heterocycles. The normalized spacial score (nSPS) is 9.69. The summed E-state index contributed by atoms with van der Waals surface area (Å²) in [6.07, 6.45) is 0. The van der Waals surface area contributed by atoms with Gasteiger partial charge in [-0.05, 0) is 31.5 Å². The van der Waals surface area contributed by atoms with Crippen LogP contribution < -0.4 is 16.2 Å². The molecule has 0 aromatic heterocycles. The summed E-state index contributed by atoms with van der Waals surface area (Å²) >= 11 is 0. The van der Waals surface area contributed by atoms with E-state index in [1.54, 1.807) is 13.0 Å². The van der Waals surface area contributed by atoms with Gasteiger partial charge in [-0.1, -0.05) is 12.1 Å². The molecule has 0 unspecified atom stereocenters. The molecule has 16 heavy (non-hydrogen) atoms. The monoisotopic (exact) mass is 221 g/mol. The molecule has 5 heteroatoms. The van der Waals surface area contributed by atoms with E-state index in [9.17, 15) is 9.59 Å². The number of rotatable bonds is 2. The van der Waals surface area contributed by atoms with Crippen molar-refractivity contribution in [2.45, 2.75) is 13.8 Å². The summed E-state index contributed by atoms with van der Waals surface area (Å²) < 4.78 is 0. The third-order valence-corrected chi connectivity index (χ3v) is 2.20. The van der Waals surface area contributed by atoms with Crippen LogP contribution in [0.5, 0.6) is 0 Å². The highest BCUT2D eigenvalue weighted by molar-refractivity contribution is 6.40. The number of anilines is 1. The van der Waals surface area contributed by atoms with Gasteiger partial charge in [0.25, 0.3) is 0 Å². The minimum Gasteiger partial charge on any atom is -0.304 e. The van der Waals surface area contributed by atoms with E-state index in [0.29, 0.717) is 12.2 Å². The lowest BCUT2D eigenvalue weighted by Gasteiger charge is -2.20. The zero-order valence-corrected chi connectivity index (χ0v) is 9.36. The molecule has 0 bridgehead atoms. The predicted octanol–water partition coefficient (Wildman–Crippen LogP) is 0.338. The van der Waals surface area contributed by atoms with Crippen molar-refractivity contribution in [3.63, 3.8) is 0 Å².